The average molecular weight is 253 g/mol. The van der Waals surface area contributed by atoms with Gasteiger partial charge in [0.1, 0.15) is 0 Å². The third-order valence-corrected chi connectivity index (χ3v) is 3.76. The first kappa shape index (κ1) is 15.2. The van der Waals surface area contributed by atoms with E-state index in [9.17, 15) is 0 Å². The van der Waals surface area contributed by atoms with Crippen LogP contribution in [0.2, 0.25) is 0 Å². The Balaban J connectivity index is 3.02. The van der Waals surface area contributed by atoms with Gasteiger partial charge in [-0.1, -0.05) is 20.8 Å². The summed E-state index contributed by atoms with van der Waals surface area (Å²) in [6.45, 7) is 7.51. The van der Waals surface area contributed by atoms with E-state index in [2.05, 4.69) is 37.3 Å². The molecule has 1 aromatic heterocycles. The highest BCUT2D eigenvalue weighted by molar-refractivity contribution is 5.12. The predicted octanol–water partition coefficient (Wildman–Crippen LogP) is 2.67. The summed E-state index contributed by atoms with van der Waals surface area (Å²) in [5, 5.41) is 8.14. The van der Waals surface area contributed by atoms with Crippen LogP contribution in [0, 0.1) is 0 Å². The second-order valence-corrected chi connectivity index (χ2v) is 4.78. The first-order chi connectivity index (χ1) is 8.63. The fraction of sp³-hybridized carbons (Fsp3) is 0.786. The van der Waals surface area contributed by atoms with Crippen LogP contribution in [0.3, 0.4) is 0 Å². The summed E-state index contributed by atoms with van der Waals surface area (Å²) in [7, 11) is 3.75. The zero-order valence-electron chi connectivity index (χ0n) is 12.4. The van der Waals surface area contributed by atoms with Crippen molar-refractivity contribution in [2.75, 3.05) is 13.7 Å². The topological polar surface area (TPSA) is 39.1 Å². The Morgan fingerprint density at radius 1 is 1.39 bits per heavy atom. The summed E-state index contributed by atoms with van der Waals surface area (Å²) in [6, 6.07) is 2.23. The van der Waals surface area contributed by atoms with Crippen LogP contribution >= 0.6 is 0 Å². The van der Waals surface area contributed by atoms with Crippen molar-refractivity contribution in [2.24, 2.45) is 7.05 Å². The maximum absolute atomic E-state index is 5.85. The number of hydrogen-bond donors (Lipinski definition) is 1. The molecule has 0 aliphatic carbocycles. The van der Waals surface area contributed by atoms with Crippen molar-refractivity contribution >= 4 is 0 Å². The molecule has 104 valence electrons. The fourth-order valence-corrected chi connectivity index (χ4v) is 2.50. The standard InChI is InChI=1S/C14H27N3O/c1-6-10-15-13(12-9-11-17(4)16-12)14(7-2,8-3)18-5/h9,11,13,15H,6-8,10H2,1-5H3. The lowest BCUT2D eigenvalue weighted by molar-refractivity contribution is -0.0497. The zero-order chi connectivity index (χ0) is 13.6. The lowest BCUT2D eigenvalue weighted by Crippen LogP contribution is -2.45. The van der Waals surface area contributed by atoms with E-state index < -0.39 is 0 Å². The van der Waals surface area contributed by atoms with Gasteiger partial charge in [0.25, 0.3) is 0 Å². The number of hydrogen-bond acceptors (Lipinski definition) is 3. The Hall–Kier alpha value is -0.870. The second-order valence-electron chi connectivity index (χ2n) is 4.78. The van der Waals surface area contributed by atoms with Crippen LogP contribution in [0.25, 0.3) is 0 Å². The molecule has 1 atom stereocenters. The molecule has 1 unspecified atom stereocenters. The maximum atomic E-state index is 5.85. The van der Waals surface area contributed by atoms with Gasteiger partial charge in [-0.05, 0) is 31.9 Å². The van der Waals surface area contributed by atoms with Crippen LogP contribution in [0.15, 0.2) is 12.3 Å². The van der Waals surface area contributed by atoms with Crippen LogP contribution in [-0.2, 0) is 11.8 Å². The second kappa shape index (κ2) is 6.90. The molecule has 0 aliphatic rings. The van der Waals surface area contributed by atoms with Gasteiger partial charge < -0.3 is 10.1 Å². The summed E-state index contributed by atoms with van der Waals surface area (Å²) in [5.41, 5.74) is 0.889. The quantitative estimate of drug-likeness (QED) is 0.774. The highest BCUT2D eigenvalue weighted by Gasteiger charge is 2.37. The number of aryl methyl sites for hydroxylation is 1. The van der Waals surface area contributed by atoms with Crippen LogP contribution in [0.5, 0.6) is 0 Å². The molecule has 0 amide bonds. The summed E-state index contributed by atoms with van der Waals surface area (Å²) >= 11 is 0. The van der Waals surface area contributed by atoms with E-state index in [1.807, 2.05) is 17.9 Å². The Morgan fingerprint density at radius 3 is 2.44 bits per heavy atom. The smallest absolute Gasteiger partial charge is 0.0883 e. The highest BCUT2D eigenvalue weighted by atomic mass is 16.5. The molecule has 1 heterocycles. The third kappa shape index (κ3) is 3.12. The van der Waals surface area contributed by atoms with Crippen LogP contribution in [-0.4, -0.2) is 29.0 Å². The molecular weight excluding hydrogens is 226 g/mol. The molecular formula is C14H27N3O. The zero-order valence-corrected chi connectivity index (χ0v) is 12.4. The number of nitrogens with one attached hydrogen (secondary N) is 1. The summed E-state index contributed by atoms with van der Waals surface area (Å²) < 4.78 is 7.70. The van der Waals surface area contributed by atoms with Crippen molar-refractivity contribution in [1.29, 1.82) is 0 Å². The molecule has 0 radical (unpaired) electrons. The Morgan fingerprint density at radius 2 is 2.06 bits per heavy atom. The monoisotopic (exact) mass is 253 g/mol. The Kier molecular flexibility index (Phi) is 5.82. The van der Waals surface area contributed by atoms with Crippen molar-refractivity contribution in [3.63, 3.8) is 0 Å². The van der Waals surface area contributed by atoms with Gasteiger partial charge in [-0.3, -0.25) is 4.68 Å². The number of aromatic nitrogens is 2. The Bertz CT molecular complexity index is 336. The molecule has 0 aliphatic heterocycles. The van der Waals surface area contributed by atoms with Crippen molar-refractivity contribution in [2.45, 2.75) is 51.7 Å². The van der Waals surface area contributed by atoms with E-state index in [0.717, 1.165) is 31.5 Å². The summed E-state index contributed by atoms with van der Waals surface area (Å²) in [4.78, 5) is 0. The van der Waals surface area contributed by atoms with Crippen molar-refractivity contribution < 1.29 is 4.74 Å². The minimum absolute atomic E-state index is 0.152. The first-order valence-corrected chi connectivity index (χ1v) is 6.91. The number of nitrogens with zero attached hydrogens (tertiary/aromatic N) is 2. The van der Waals surface area contributed by atoms with E-state index in [-0.39, 0.29) is 11.6 Å². The van der Waals surface area contributed by atoms with Gasteiger partial charge in [0.15, 0.2) is 0 Å². The normalized spacial score (nSPS) is 13.8. The predicted molar refractivity (Wildman–Crippen MR) is 74.6 cm³/mol. The molecule has 0 saturated heterocycles. The Labute approximate surface area is 111 Å². The van der Waals surface area contributed by atoms with Gasteiger partial charge in [0.2, 0.25) is 0 Å². The molecule has 0 spiro atoms. The number of ether oxygens (including phenoxy) is 1. The third-order valence-electron chi connectivity index (χ3n) is 3.76. The number of rotatable bonds is 8. The van der Waals surface area contributed by atoms with Crippen molar-refractivity contribution in [3.8, 4) is 0 Å². The average Bonchev–Trinajstić information content (AvgIpc) is 2.81. The molecule has 0 aromatic carbocycles. The van der Waals surface area contributed by atoms with Gasteiger partial charge in [-0.15, -0.1) is 0 Å². The lowest BCUT2D eigenvalue weighted by atomic mass is 9.86. The van der Waals surface area contributed by atoms with Gasteiger partial charge in [-0.25, -0.2) is 0 Å². The van der Waals surface area contributed by atoms with Gasteiger partial charge in [0.05, 0.1) is 17.3 Å². The summed E-state index contributed by atoms with van der Waals surface area (Å²) in [5.74, 6) is 0. The molecule has 4 heteroatoms. The maximum Gasteiger partial charge on any atom is 0.0883 e. The molecule has 0 saturated carbocycles. The molecule has 0 fully saturated rings. The van der Waals surface area contributed by atoms with Gasteiger partial charge >= 0.3 is 0 Å². The van der Waals surface area contributed by atoms with E-state index in [0.29, 0.717) is 0 Å². The van der Waals surface area contributed by atoms with Crippen molar-refractivity contribution in [1.82, 2.24) is 15.1 Å². The molecule has 4 nitrogen and oxygen atoms in total. The van der Waals surface area contributed by atoms with Crippen LogP contribution < -0.4 is 5.32 Å². The molecule has 0 bridgehead atoms. The first-order valence-electron chi connectivity index (χ1n) is 6.91. The van der Waals surface area contributed by atoms with Gasteiger partial charge in [0, 0.05) is 20.4 Å². The van der Waals surface area contributed by atoms with Crippen molar-refractivity contribution in [3.05, 3.63) is 18.0 Å². The van der Waals surface area contributed by atoms with Crippen LogP contribution in [0.1, 0.15) is 51.8 Å². The highest BCUT2D eigenvalue weighted by Crippen LogP contribution is 2.34. The molecule has 1 rings (SSSR count). The largest absolute Gasteiger partial charge is 0.376 e. The van der Waals surface area contributed by atoms with E-state index in [4.69, 9.17) is 4.74 Å². The fourth-order valence-electron chi connectivity index (χ4n) is 2.50. The SMILES string of the molecule is CCCNC(c1ccn(C)n1)C(CC)(CC)OC. The van der Waals surface area contributed by atoms with E-state index in [1.165, 1.54) is 0 Å². The number of methoxy groups -OCH3 is 1. The van der Waals surface area contributed by atoms with E-state index in [1.54, 1.807) is 7.11 Å². The van der Waals surface area contributed by atoms with E-state index >= 15 is 0 Å². The minimum atomic E-state index is -0.177. The lowest BCUT2D eigenvalue weighted by Gasteiger charge is -2.38. The van der Waals surface area contributed by atoms with Crippen LogP contribution in [0.4, 0.5) is 0 Å². The minimum Gasteiger partial charge on any atom is -0.376 e. The van der Waals surface area contributed by atoms with Gasteiger partial charge in [-0.2, -0.15) is 5.10 Å². The molecule has 1 N–H and O–H groups in total. The molecule has 18 heavy (non-hydrogen) atoms. The molecule has 1 aromatic rings. The summed E-state index contributed by atoms with van der Waals surface area (Å²) in [6.07, 6.45) is 5.04.